The Kier molecular flexibility index (Phi) is 3.09. The van der Waals surface area contributed by atoms with Crippen LogP contribution >= 0.6 is 11.5 Å². The molecule has 0 saturated heterocycles. The van der Waals surface area contributed by atoms with Crippen LogP contribution in [-0.2, 0) is 0 Å². The quantitative estimate of drug-likeness (QED) is 0.778. The minimum Gasteiger partial charge on any atom is -0.383 e. The van der Waals surface area contributed by atoms with Crippen molar-refractivity contribution in [2.75, 3.05) is 11.9 Å². The first-order chi connectivity index (χ1) is 5.64. The molecule has 1 aromatic heterocycles. The molecule has 0 bridgehead atoms. The van der Waals surface area contributed by atoms with Gasteiger partial charge in [-0.3, -0.25) is 0 Å². The van der Waals surface area contributed by atoms with Crippen molar-refractivity contribution in [1.29, 1.82) is 0 Å². The van der Waals surface area contributed by atoms with Crippen molar-refractivity contribution in [1.82, 2.24) is 4.37 Å². The lowest BCUT2D eigenvalue weighted by Crippen LogP contribution is -2.21. The van der Waals surface area contributed by atoms with E-state index in [0.717, 1.165) is 12.2 Å². The Balaban J connectivity index is 2.36. The van der Waals surface area contributed by atoms with Crippen LogP contribution in [0.2, 0.25) is 0 Å². The van der Waals surface area contributed by atoms with Gasteiger partial charge in [-0.05, 0) is 23.4 Å². The molecule has 2 nitrogen and oxygen atoms in total. The number of anilines is 1. The van der Waals surface area contributed by atoms with E-state index in [-0.39, 0.29) is 0 Å². The zero-order valence-electron chi connectivity index (χ0n) is 7.92. The molecule has 1 heterocycles. The summed E-state index contributed by atoms with van der Waals surface area (Å²) in [6, 6.07) is 0. The van der Waals surface area contributed by atoms with Crippen LogP contribution in [0.25, 0.3) is 0 Å². The predicted molar refractivity (Wildman–Crippen MR) is 54.7 cm³/mol. The molecule has 0 atom stereocenters. The lowest BCUT2D eigenvalue weighted by molar-refractivity contribution is 0.377. The fraction of sp³-hybridized carbons (Fsp3) is 0.667. The molecule has 68 valence electrons. The van der Waals surface area contributed by atoms with Crippen LogP contribution in [0.1, 0.15) is 27.2 Å². The van der Waals surface area contributed by atoms with Gasteiger partial charge >= 0.3 is 0 Å². The third-order valence-corrected chi connectivity index (χ3v) is 2.75. The van der Waals surface area contributed by atoms with Gasteiger partial charge in [-0.25, -0.2) is 0 Å². The Morgan fingerprint density at radius 2 is 2.33 bits per heavy atom. The number of aromatic nitrogens is 1. The second kappa shape index (κ2) is 3.90. The van der Waals surface area contributed by atoms with Gasteiger partial charge in [0.25, 0.3) is 0 Å². The monoisotopic (exact) mass is 184 g/mol. The lowest BCUT2D eigenvalue weighted by atomic mass is 9.90. The number of hydrogen-bond donors (Lipinski definition) is 1. The first-order valence-corrected chi connectivity index (χ1v) is 5.11. The highest BCUT2D eigenvalue weighted by molar-refractivity contribution is 7.04. The molecular formula is C9H16N2S. The van der Waals surface area contributed by atoms with Gasteiger partial charge in [0.05, 0.1) is 11.9 Å². The predicted octanol–water partition coefficient (Wildman–Crippen LogP) is 2.99. The normalized spacial score (nSPS) is 11.6. The molecule has 1 rings (SSSR count). The Morgan fingerprint density at radius 3 is 2.83 bits per heavy atom. The third-order valence-electron chi connectivity index (χ3n) is 2.16. The maximum Gasteiger partial charge on any atom is 0.0653 e. The number of nitrogens with one attached hydrogen (secondary N) is 1. The third kappa shape index (κ3) is 2.81. The Hall–Kier alpha value is -0.570. The van der Waals surface area contributed by atoms with E-state index in [0.29, 0.717) is 5.41 Å². The van der Waals surface area contributed by atoms with Crippen molar-refractivity contribution in [3.63, 3.8) is 0 Å². The average molecular weight is 184 g/mol. The maximum atomic E-state index is 4.03. The van der Waals surface area contributed by atoms with Crippen molar-refractivity contribution in [2.24, 2.45) is 5.41 Å². The zero-order valence-corrected chi connectivity index (χ0v) is 8.74. The summed E-state index contributed by atoms with van der Waals surface area (Å²) in [7, 11) is 0. The molecule has 0 unspecified atom stereocenters. The van der Waals surface area contributed by atoms with Gasteiger partial charge in [-0.15, -0.1) is 0 Å². The molecule has 0 aliphatic rings. The molecule has 0 radical (unpaired) electrons. The molecule has 0 fully saturated rings. The van der Waals surface area contributed by atoms with Crippen LogP contribution in [-0.4, -0.2) is 10.9 Å². The average Bonchev–Trinajstić information content (AvgIpc) is 2.53. The number of rotatable bonds is 4. The lowest BCUT2D eigenvalue weighted by Gasteiger charge is -2.22. The van der Waals surface area contributed by atoms with Crippen molar-refractivity contribution in [2.45, 2.75) is 27.2 Å². The summed E-state index contributed by atoms with van der Waals surface area (Å²) in [6.45, 7) is 7.76. The molecule has 0 aromatic carbocycles. The van der Waals surface area contributed by atoms with E-state index in [1.807, 2.05) is 11.6 Å². The van der Waals surface area contributed by atoms with Gasteiger partial charge in [0.1, 0.15) is 0 Å². The van der Waals surface area contributed by atoms with Crippen molar-refractivity contribution < 1.29 is 0 Å². The Labute approximate surface area is 78.2 Å². The highest BCUT2D eigenvalue weighted by Gasteiger charge is 2.14. The van der Waals surface area contributed by atoms with E-state index in [1.165, 1.54) is 18.0 Å². The molecule has 0 aliphatic carbocycles. The summed E-state index contributed by atoms with van der Waals surface area (Å²) in [5, 5.41) is 5.40. The summed E-state index contributed by atoms with van der Waals surface area (Å²) in [6.07, 6.45) is 3.06. The largest absolute Gasteiger partial charge is 0.383 e. The second-order valence-corrected chi connectivity index (χ2v) is 4.44. The van der Waals surface area contributed by atoms with Crippen LogP contribution in [0.15, 0.2) is 11.6 Å². The molecule has 12 heavy (non-hydrogen) atoms. The van der Waals surface area contributed by atoms with Crippen LogP contribution in [0.3, 0.4) is 0 Å². The maximum absolute atomic E-state index is 4.03. The van der Waals surface area contributed by atoms with Gasteiger partial charge < -0.3 is 5.32 Å². The van der Waals surface area contributed by atoms with Crippen molar-refractivity contribution in [3.05, 3.63) is 11.6 Å². The molecule has 1 N–H and O–H groups in total. The van der Waals surface area contributed by atoms with Crippen molar-refractivity contribution >= 4 is 17.2 Å². The molecule has 3 heteroatoms. The molecule has 1 aromatic rings. The minimum absolute atomic E-state index is 0.377. The first-order valence-electron chi connectivity index (χ1n) is 4.27. The van der Waals surface area contributed by atoms with Gasteiger partial charge in [-0.1, -0.05) is 20.8 Å². The fourth-order valence-corrected chi connectivity index (χ4v) is 1.25. The van der Waals surface area contributed by atoms with Gasteiger partial charge in [0, 0.05) is 11.9 Å². The van der Waals surface area contributed by atoms with E-state index in [9.17, 15) is 0 Å². The molecule has 0 aliphatic heterocycles. The number of hydrogen-bond acceptors (Lipinski definition) is 3. The fourth-order valence-electron chi connectivity index (χ4n) is 0.758. The van der Waals surface area contributed by atoms with Crippen molar-refractivity contribution in [3.8, 4) is 0 Å². The summed E-state index contributed by atoms with van der Waals surface area (Å²) >= 11 is 1.49. The summed E-state index contributed by atoms with van der Waals surface area (Å²) in [4.78, 5) is 0. The Morgan fingerprint density at radius 1 is 1.58 bits per heavy atom. The van der Waals surface area contributed by atoms with Crippen LogP contribution in [0.4, 0.5) is 5.69 Å². The summed E-state index contributed by atoms with van der Waals surface area (Å²) in [5.74, 6) is 0. The standard InChI is InChI=1S/C9H16N2S/c1-4-9(2,3)7-10-8-5-11-12-6-8/h5-6,10H,4,7H2,1-3H3. The summed E-state index contributed by atoms with van der Waals surface area (Å²) in [5.41, 5.74) is 1.52. The van der Waals surface area contributed by atoms with E-state index in [2.05, 4.69) is 30.5 Å². The Bertz CT molecular complexity index is 216. The molecule has 0 spiro atoms. The topological polar surface area (TPSA) is 24.9 Å². The van der Waals surface area contributed by atoms with Gasteiger partial charge in [-0.2, -0.15) is 4.37 Å². The summed E-state index contributed by atoms with van der Waals surface area (Å²) < 4.78 is 4.03. The highest BCUT2D eigenvalue weighted by atomic mass is 32.1. The van der Waals surface area contributed by atoms with E-state index in [1.54, 1.807) is 0 Å². The SMILES string of the molecule is CCC(C)(C)CNc1cnsc1. The minimum atomic E-state index is 0.377. The van der Waals surface area contributed by atoms with Crippen LogP contribution in [0, 0.1) is 5.41 Å². The second-order valence-electron chi connectivity index (χ2n) is 3.78. The smallest absolute Gasteiger partial charge is 0.0653 e. The molecule has 0 saturated carbocycles. The molecular weight excluding hydrogens is 168 g/mol. The first kappa shape index (κ1) is 9.52. The van der Waals surface area contributed by atoms with Crippen LogP contribution in [0.5, 0.6) is 0 Å². The van der Waals surface area contributed by atoms with E-state index < -0.39 is 0 Å². The zero-order chi connectivity index (χ0) is 9.03. The van der Waals surface area contributed by atoms with Gasteiger partial charge in [0.15, 0.2) is 0 Å². The number of nitrogens with zero attached hydrogens (tertiary/aromatic N) is 1. The highest BCUT2D eigenvalue weighted by Crippen LogP contribution is 2.20. The van der Waals surface area contributed by atoms with Crippen LogP contribution < -0.4 is 5.32 Å². The molecule has 0 amide bonds. The van der Waals surface area contributed by atoms with E-state index in [4.69, 9.17) is 0 Å². The van der Waals surface area contributed by atoms with Gasteiger partial charge in [0.2, 0.25) is 0 Å². The van der Waals surface area contributed by atoms with E-state index >= 15 is 0 Å².